The lowest BCUT2D eigenvalue weighted by atomic mass is 10.2. The van der Waals surface area contributed by atoms with Gasteiger partial charge in [0.2, 0.25) is 5.91 Å². The number of thiazole rings is 1. The van der Waals surface area contributed by atoms with Crippen molar-refractivity contribution in [3.8, 4) is 6.07 Å². The Morgan fingerprint density at radius 1 is 1.50 bits per heavy atom. The molecule has 114 valence electrons. The number of nitrogens with one attached hydrogen (secondary N) is 2. The predicted molar refractivity (Wildman–Crippen MR) is 84.5 cm³/mol. The van der Waals surface area contributed by atoms with Crippen LogP contribution in [0.1, 0.15) is 23.3 Å². The van der Waals surface area contributed by atoms with Crippen LogP contribution >= 0.6 is 11.3 Å². The van der Waals surface area contributed by atoms with E-state index < -0.39 is 0 Å². The molecule has 2 aromatic heterocycles. The van der Waals surface area contributed by atoms with E-state index >= 15 is 0 Å². The first-order valence-electron chi connectivity index (χ1n) is 6.76. The van der Waals surface area contributed by atoms with E-state index in [9.17, 15) is 4.79 Å². The van der Waals surface area contributed by atoms with Crippen molar-refractivity contribution in [2.24, 2.45) is 5.73 Å². The van der Waals surface area contributed by atoms with Crippen LogP contribution in [0, 0.1) is 11.3 Å². The second kappa shape index (κ2) is 8.07. The maximum atomic E-state index is 10.1. The van der Waals surface area contributed by atoms with E-state index in [0.717, 1.165) is 24.9 Å². The zero-order valence-corrected chi connectivity index (χ0v) is 12.7. The summed E-state index contributed by atoms with van der Waals surface area (Å²) in [4.78, 5) is 18.9. The van der Waals surface area contributed by atoms with Crippen LogP contribution in [0.4, 0.5) is 10.9 Å². The summed E-state index contributed by atoms with van der Waals surface area (Å²) in [6.45, 7) is 1.36. The van der Waals surface area contributed by atoms with Crippen LogP contribution in [-0.2, 0) is 11.3 Å². The zero-order valence-electron chi connectivity index (χ0n) is 11.9. The first kappa shape index (κ1) is 15.9. The van der Waals surface area contributed by atoms with Gasteiger partial charge in [-0.3, -0.25) is 4.79 Å². The molecule has 7 nitrogen and oxygen atoms in total. The monoisotopic (exact) mass is 316 g/mol. The fourth-order valence-corrected chi connectivity index (χ4v) is 2.35. The summed E-state index contributed by atoms with van der Waals surface area (Å²) in [6.07, 6.45) is 4.97. The van der Waals surface area contributed by atoms with E-state index in [0.29, 0.717) is 22.4 Å². The van der Waals surface area contributed by atoms with Crippen LogP contribution in [0.15, 0.2) is 24.5 Å². The third-order valence-corrected chi connectivity index (χ3v) is 3.63. The molecule has 1 amide bonds. The molecule has 4 N–H and O–H groups in total. The molecule has 1 fully saturated rings. The highest BCUT2D eigenvalue weighted by atomic mass is 32.1. The van der Waals surface area contributed by atoms with Crippen molar-refractivity contribution in [2.75, 3.05) is 11.9 Å². The number of rotatable bonds is 3. The fourth-order valence-electron chi connectivity index (χ4n) is 1.73. The lowest BCUT2D eigenvalue weighted by molar-refractivity contribution is -0.119. The maximum Gasteiger partial charge on any atom is 0.220 e. The first-order valence-corrected chi connectivity index (χ1v) is 7.57. The van der Waals surface area contributed by atoms with Crippen molar-refractivity contribution in [1.29, 1.82) is 5.26 Å². The smallest absolute Gasteiger partial charge is 0.220 e. The standard InChI is InChI=1S/C10H9N5S.C4H7NO/c11-4-7-1-2-13-9(3-7)15-10-14-6-8(5-12)16-10;6-4-2-1-3-5-4/h1-3,6H,4,11H2,(H,13,14,15);1-3H2,(H,5,6). The maximum absolute atomic E-state index is 10.1. The number of pyridine rings is 1. The minimum atomic E-state index is 0.204. The molecule has 8 heteroatoms. The fraction of sp³-hybridized carbons (Fsp3) is 0.286. The Balaban J connectivity index is 0.000000246. The lowest BCUT2D eigenvalue weighted by Gasteiger charge is -2.02. The Bertz CT molecular complexity index is 670. The normalized spacial score (nSPS) is 12.8. The van der Waals surface area contributed by atoms with Crippen molar-refractivity contribution >= 4 is 28.2 Å². The summed E-state index contributed by atoms with van der Waals surface area (Å²) in [5.74, 6) is 0.886. The van der Waals surface area contributed by atoms with E-state index in [1.807, 2.05) is 18.2 Å². The molecule has 0 spiro atoms. The van der Waals surface area contributed by atoms with Crippen LogP contribution in [0.25, 0.3) is 0 Å². The van der Waals surface area contributed by atoms with Gasteiger partial charge in [0.1, 0.15) is 16.8 Å². The number of anilines is 2. The van der Waals surface area contributed by atoms with Gasteiger partial charge in [-0.25, -0.2) is 9.97 Å². The Kier molecular flexibility index (Phi) is 5.82. The molecule has 22 heavy (non-hydrogen) atoms. The number of nitriles is 1. The van der Waals surface area contributed by atoms with E-state index in [-0.39, 0.29) is 5.91 Å². The number of nitrogens with zero attached hydrogens (tertiary/aromatic N) is 3. The van der Waals surface area contributed by atoms with E-state index in [4.69, 9.17) is 11.0 Å². The van der Waals surface area contributed by atoms with Gasteiger partial charge in [-0.05, 0) is 24.1 Å². The number of amides is 1. The minimum absolute atomic E-state index is 0.204. The summed E-state index contributed by atoms with van der Waals surface area (Å²) in [5.41, 5.74) is 6.52. The SMILES string of the molecule is N#Cc1cnc(Nc2cc(CN)ccn2)s1.O=C1CCCN1. The van der Waals surface area contributed by atoms with Crippen LogP contribution in [0.3, 0.4) is 0 Å². The number of aromatic nitrogens is 2. The summed E-state index contributed by atoms with van der Waals surface area (Å²) in [7, 11) is 0. The molecule has 0 bridgehead atoms. The number of carbonyl (C=O) groups excluding carboxylic acids is 1. The third kappa shape index (κ3) is 4.80. The molecule has 0 radical (unpaired) electrons. The van der Waals surface area contributed by atoms with Gasteiger partial charge in [0, 0.05) is 25.7 Å². The van der Waals surface area contributed by atoms with Gasteiger partial charge < -0.3 is 16.4 Å². The quantitative estimate of drug-likeness (QED) is 0.790. The molecular weight excluding hydrogens is 300 g/mol. The summed E-state index contributed by atoms with van der Waals surface area (Å²) in [6, 6.07) is 5.74. The van der Waals surface area contributed by atoms with Gasteiger partial charge in [0.25, 0.3) is 0 Å². The predicted octanol–water partition coefficient (Wildman–Crippen LogP) is 1.51. The number of hydrogen-bond acceptors (Lipinski definition) is 7. The molecule has 0 aromatic carbocycles. The molecule has 1 aliphatic heterocycles. The molecule has 3 heterocycles. The molecule has 0 saturated carbocycles. The van der Waals surface area contributed by atoms with E-state index in [2.05, 4.69) is 20.6 Å². The van der Waals surface area contributed by atoms with Crippen molar-refractivity contribution < 1.29 is 4.79 Å². The van der Waals surface area contributed by atoms with Gasteiger partial charge in [0.05, 0.1) is 6.20 Å². The lowest BCUT2D eigenvalue weighted by Crippen LogP contribution is -2.12. The molecule has 3 rings (SSSR count). The average Bonchev–Trinajstić information content (AvgIpc) is 3.19. The molecule has 1 saturated heterocycles. The Morgan fingerprint density at radius 2 is 2.36 bits per heavy atom. The van der Waals surface area contributed by atoms with Crippen molar-refractivity contribution in [3.05, 3.63) is 35.0 Å². The summed E-state index contributed by atoms with van der Waals surface area (Å²) >= 11 is 1.29. The van der Waals surface area contributed by atoms with Gasteiger partial charge in [-0.15, -0.1) is 0 Å². The van der Waals surface area contributed by atoms with Gasteiger partial charge >= 0.3 is 0 Å². The topological polar surface area (TPSA) is 117 Å². The minimum Gasteiger partial charge on any atom is -0.356 e. The van der Waals surface area contributed by atoms with Gasteiger partial charge in [0.15, 0.2) is 5.13 Å². The molecule has 2 aromatic rings. The Labute approximate surface area is 132 Å². The van der Waals surface area contributed by atoms with Gasteiger partial charge in [-0.2, -0.15) is 5.26 Å². The van der Waals surface area contributed by atoms with Crippen LogP contribution < -0.4 is 16.4 Å². The first-order chi connectivity index (χ1) is 10.7. The number of nitrogens with two attached hydrogens (primary N) is 1. The third-order valence-electron chi connectivity index (χ3n) is 2.81. The highest BCUT2D eigenvalue weighted by molar-refractivity contribution is 7.16. The van der Waals surface area contributed by atoms with Crippen LogP contribution in [0.5, 0.6) is 0 Å². The van der Waals surface area contributed by atoms with Gasteiger partial charge in [-0.1, -0.05) is 11.3 Å². The van der Waals surface area contributed by atoms with Crippen LogP contribution in [0.2, 0.25) is 0 Å². The number of hydrogen-bond donors (Lipinski definition) is 3. The van der Waals surface area contributed by atoms with Crippen molar-refractivity contribution in [1.82, 2.24) is 15.3 Å². The second-order valence-corrected chi connectivity index (χ2v) is 5.50. The van der Waals surface area contributed by atoms with E-state index in [1.165, 1.54) is 17.5 Å². The van der Waals surface area contributed by atoms with Crippen molar-refractivity contribution in [2.45, 2.75) is 19.4 Å². The largest absolute Gasteiger partial charge is 0.356 e. The molecule has 0 atom stereocenters. The molecule has 0 unspecified atom stereocenters. The summed E-state index contributed by atoms with van der Waals surface area (Å²) < 4.78 is 0. The highest BCUT2D eigenvalue weighted by Crippen LogP contribution is 2.20. The zero-order chi connectivity index (χ0) is 15.8. The van der Waals surface area contributed by atoms with Crippen LogP contribution in [-0.4, -0.2) is 22.4 Å². The Morgan fingerprint density at radius 3 is 2.91 bits per heavy atom. The molecule has 0 aliphatic carbocycles. The van der Waals surface area contributed by atoms with E-state index in [1.54, 1.807) is 6.20 Å². The van der Waals surface area contributed by atoms with Crippen molar-refractivity contribution in [3.63, 3.8) is 0 Å². The average molecular weight is 316 g/mol. The molecular formula is C14H16N6OS. The summed E-state index contributed by atoms with van der Waals surface area (Å²) in [5, 5.41) is 15.0. The highest BCUT2D eigenvalue weighted by Gasteiger charge is 2.05. The second-order valence-electron chi connectivity index (χ2n) is 4.47. The number of carbonyl (C=O) groups is 1. The molecule has 1 aliphatic rings. The Hall–Kier alpha value is -2.50.